The highest BCUT2D eigenvalue weighted by atomic mass is 79.9. The molecule has 2 rings (SSSR count). The van der Waals surface area contributed by atoms with Gasteiger partial charge in [-0.15, -0.1) is 0 Å². The summed E-state index contributed by atoms with van der Waals surface area (Å²) in [6, 6.07) is 0. The predicted octanol–water partition coefficient (Wildman–Crippen LogP) is 2.71. The normalized spacial score (nSPS) is 10.5. The van der Waals surface area contributed by atoms with Crippen LogP contribution in [0.3, 0.4) is 0 Å². The fourth-order valence-corrected chi connectivity index (χ4v) is 1.89. The summed E-state index contributed by atoms with van der Waals surface area (Å²) in [5.74, 6) is 0.924. The molecule has 0 aromatic carbocycles. The Morgan fingerprint density at radius 1 is 1.35 bits per heavy atom. The maximum absolute atomic E-state index is 5.23. The SMILES string of the molecule is CCc1onc(C)c1CNc1cnncc1Br. The van der Waals surface area contributed by atoms with Gasteiger partial charge in [0, 0.05) is 18.5 Å². The molecule has 0 atom stereocenters. The molecule has 0 radical (unpaired) electrons. The van der Waals surface area contributed by atoms with E-state index in [1.54, 1.807) is 12.4 Å². The third-order valence-electron chi connectivity index (χ3n) is 2.52. The molecule has 0 saturated heterocycles. The molecular formula is C11H13BrN4O. The summed E-state index contributed by atoms with van der Waals surface area (Å²) in [6.07, 6.45) is 4.18. The molecule has 0 aliphatic rings. The molecule has 1 N–H and O–H groups in total. The van der Waals surface area contributed by atoms with Crippen LogP contribution in [0.2, 0.25) is 0 Å². The number of anilines is 1. The van der Waals surface area contributed by atoms with Gasteiger partial charge in [-0.05, 0) is 22.9 Å². The topological polar surface area (TPSA) is 63.8 Å². The van der Waals surface area contributed by atoms with Crippen molar-refractivity contribution in [3.63, 3.8) is 0 Å². The first-order valence-electron chi connectivity index (χ1n) is 5.36. The number of aryl methyl sites for hydroxylation is 2. The summed E-state index contributed by atoms with van der Waals surface area (Å²) in [5, 5.41) is 14.9. The fourth-order valence-electron chi connectivity index (χ4n) is 1.56. The van der Waals surface area contributed by atoms with Crippen LogP contribution in [0.4, 0.5) is 5.69 Å². The predicted molar refractivity (Wildman–Crippen MR) is 67.7 cm³/mol. The van der Waals surface area contributed by atoms with E-state index < -0.39 is 0 Å². The number of aromatic nitrogens is 3. The van der Waals surface area contributed by atoms with Crippen molar-refractivity contribution in [2.24, 2.45) is 0 Å². The van der Waals surface area contributed by atoms with Gasteiger partial charge in [-0.25, -0.2) is 0 Å². The van der Waals surface area contributed by atoms with Crippen molar-refractivity contribution in [1.29, 1.82) is 0 Å². The molecule has 6 heteroatoms. The second-order valence-electron chi connectivity index (χ2n) is 3.63. The lowest BCUT2D eigenvalue weighted by Crippen LogP contribution is -2.03. The molecule has 0 bridgehead atoms. The number of nitrogens with zero attached hydrogens (tertiary/aromatic N) is 3. The van der Waals surface area contributed by atoms with E-state index in [1.807, 2.05) is 13.8 Å². The average molecular weight is 297 g/mol. The second kappa shape index (κ2) is 5.27. The summed E-state index contributed by atoms with van der Waals surface area (Å²) >= 11 is 3.41. The van der Waals surface area contributed by atoms with Gasteiger partial charge in [0.05, 0.1) is 28.2 Å². The number of halogens is 1. The lowest BCUT2D eigenvalue weighted by molar-refractivity contribution is 0.382. The molecule has 90 valence electrons. The zero-order valence-electron chi connectivity index (χ0n) is 9.70. The Morgan fingerprint density at radius 3 is 2.82 bits per heavy atom. The number of rotatable bonds is 4. The lowest BCUT2D eigenvalue weighted by atomic mass is 10.1. The molecule has 2 heterocycles. The number of hydrogen-bond donors (Lipinski definition) is 1. The van der Waals surface area contributed by atoms with E-state index in [0.29, 0.717) is 6.54 Å². The van der Waals surface area contributed by atoms with Crippen LogP contribution in [0.1, 0.15) is 23.9 Å². The number of nitrogens with one attached hydrogen (secondary N) is 1. The fraction of sp³-hybridized carbons (Fsp3) is 0.364. The van der Waals surface area contributed by atoms with E-state index in [4.69, 9.17) is 4.52 Å². The Hall–Kier alpha value is -1.43. The molecule has 0 aliphatic heterocycles. The molecule has 0 aliphatic carbocycles. The first-order chi connectivity index (χ1) is 8.22. The Labute approximate surface area is 108 Å². The third kappa shape index (κ3) is 2.63. The van der Waals surface area contributed by atoms with Crippen LogP contribution in [0, 0.1) is 6.92 Å². The Bertz CT molecular complexity index is 512. The highest BCUT2D eigenvalue weighted by Crippen LogP contribution is 2.21. The summed E-state index contributed by atoms with van der Waals surface area (Å²) in [6.45, 7) is 4.66. The first kappa shape index (κ1) is 12.0. The molecule has 0 spiro atoms. The summed E-state index contributed by atoms with van der Waals surface area (Å²) < 4.78 is 6.12. The highest BCUT2D eigenvalue weighted by molar-refractivity contribution is 9.10. The zero-order chi connectivity index (χ0) is 12.3. The maximum atomic E-state index is 5.23. The van der Waals surface area contributed by atoms with Gasteiger partial charge in [0.25, 0.3) is 0 Å². The van der Waals surface area contributed by atoms with E-state index >= 15 is 0 Å². The Kier molecular flexibility index (Phi) is 3.73. The summed E-state index contributed by atoms with van der Waals surface area (Å²) in [4.78, 5) is 0. The van der Waals surface area contributed by atoms with Crippen LogP contribution in [0.5, 0.6) is 0 Å². The van der Waals surface area contributed by atoms with Crippen LogP contribution in [0.25, 0.3) is 0 Å². The average Bonchev–Trinajstić information content (AvgIpc) is 2.69. The standard InChI is InChI=1S/C11H13BrN4O/c1-3-11-8(7(2)16-17-11)4-13-10-6-15-14-5-9(10)12/h5-6H,3-4H2,1-2H3,(H,13,14). The van der Waals surface area contributed by atoms with Crippen molar-refractivity contribution in [2.75, 3.05) is 5.32 Å². The van der Waals surface area contributed by atoms with E-state index in [2.05, 4.69) is 36.6 Å². The highest BCUT2D eigenvalue weighted by Gasteiger charge is 2.11. The van der Waals surface area contributed by atoms with Crippen molar-refractivity contribution in [3.05, 3.63) is 33.9 Å². The third-order valence-corrected chi connectivity index (χ3v) is 3.16. The largest absolute Gasteiger partial charge is 0.378 e. The van der Waals surface area contributed by atoms with Crippen molar-refractivity contribution in [3.8, 4) is 0 Å². The first-order valence-corrected chi connectivity index (χ1v) is 6.15. The summed E-state index contributed by atoms with van der Waals surface area (Å²) in [7, 11) is 0. The van der Waals surface area contributed by atoms with Gasteiger partial charge in [0.15, 0.2) is 0 Å². The molecule has 0 amide bonds. The lowest BCUT2D eigenvalue weighted by Gasteiger charge is -2.07. The van der Waals surface area contributed by atoms with Crippen LogP contribution >= 0.6 is 15.9 Å². The molecule has 5 nitrogen and oxygen atoms in total. The van der Waals surface area contributed by atoms with Gasteiger partial charge in [-0.3, -0.25) is 0 Å². The molecule has 0 fully saturated rings. The van der Waals surface area contributed by atoms with Crippen LogP contribution < -0.4 is 5.32 Å². The van der Waals surface area contributed by atoms with Crippen molar-refractivity contribution in [2.45, 2.75) is 26.8 Å². The van der Waals surface area contributed by atoms with Gasteiger partial charge < -0.3 is 9.84 Å². The van der Waals surface area contributed by atoms with Gasteiger partial charge >= 0.3 is 0 Å². The summed E-state index contributed by atoms with van der Waals surface area (Å²) in [5.41, 5.74) is 2.94. The smallest absolute Gasteiger partial charge is 0.141 e. The Balaban J connectivity index is 2.12. The molecule has 0 unspecified atom stereocenters. The monoisotopic (exact) mass is 296 g/mol. The minimum absolute atomic E-state index is 0.669. The van der Waals surface area contributed by atoms with Crippen molar-refractivity contribution >= 4 is 21.6 Å². The second-order valence-corrected chi connectivity index (χ2v) is 4.48. The van der Waals surface area contributed by atoms with Gasteiger partial charge in [-0.1, -0.05) is 12.1 Å². The van der Waals surface area contributed by atoms with E-state index in [0.717, 1.165) is 33.6 Å². The quantitative estimate of drug-likeness (QED) is 0.940. The van der Waals surface area contributed by atoms with Gasteiger partial charge in [0.2, 0.25) is 0 Å². The Morgan fingerprint density at radius 2 is 2.12 bits per heavy atom. The minimum Gasteiger partial charge on any atom is -0.378 e. The number of hydrogen-bond acceptors (Lipinski definition) is 5. The molecule has 17 heavy (non-hydrogen) atoms. The van der Waals surface area contributed by atoms with E-state index in [1.165, 1.54) is 0 Å². The van der Waals surface area contributed by atoms with E-state index in [9.17, 15) is 0 Å². The maximum Gasteiger partial charge on any atom is 0.141 e. The van der Waals surface area contributed by atoms with Gasteiger partial charge in [0.1, 0.15) is 5.76 Å². The molecule has 0 saturated carbocycles. The van der Waals surface area contributed by atoms with Crippen LogP contribution in [0.15, 0.2) is 21.4 Å². The van der Waals surface area contributed by atoms with Crippen molar-refractivity contribution < 1.29 is 4.52 Å². The zero-order valence-corrected chi connectivity index (χ0v) is 11.3. The van der Waals surface area contributed by atoms with Gasteiger partial charge in [-0.2, -0.15) is 10.2 Å². The van der Waals surface area contributed by atoms with Crippen molar-refractivity contribution in [1.82, 2.24) is 15.4 Å². The minimum atomic E-state index is 0.669. The molecule has 2 aromatic rings. The van der Waals surface area contributed by atoms with Crippen LogP contribution in [-0.4, -0.2) is 15.4 Å². The molecular weight excluding hydrogens is 284 g/mol. The molecule has 2 aromatic heterocycles. The van der Waals surface area contributed by atoms with Crippen LogP contribution in [-0.2, 0) is 13.0 Å². The van der Waals surface area contributed by atoms with E-state index in [-0.39, 0.29) is 0 Å².